The molecule has 2 aromatic carbocycles. The van der Waals surface area contributed by atoms with Crippen LogP contribution in [-0.2, 0) is 0 Å². The van der Waals surface area contributed by atoms with Crippen LogP contribution in [-0.4, -0.2) is 6.36 Å². The van der Waals surface area contributed by atoms with Gasteiger partial charge in [0, 0.05) is 3.57 Å². The average molecular weight is 378 g/mol. The lowest BCUT2D eigenvalue weighted by Crippen LogP contribution is -2.17. The van der Waals surface area contributed by atoms with E-state index in [1.165, 1.54) is 12.1 Å². The summed E-state index contributed by atoms with van der Waals surface area (Å²) in [5.74, 6) is -0.207. The highest BCUT2D eigenvalue weighted by Crippen LogP contribution is 2.29. The van der Waals surface area contributed by atoms with Gasteiger partial charge in [0.15, 0.2) is 0 Å². The average Bonchev–Trinajstić information content (AvgIpc) is 2.31. The highest BCUT2D eigenvalue weighted by Gasteiger charge is 2.31. The van der Waals surface area contributed by atoms with E-state index >= 15 is 0 Å². The molecule has 0 amide bonds. The number of hydrogen-bond donors (Lipinski definition) is 0. The van der Waals surface area contributed by atoms with E-state index in [1.54, 1.807) is 12.1 Å². The molecule has 0 aromatic heterocycles. The molecule has 0 fully saturated rings. The molecule has 0 unspecified atom stereocenters. The largest absolute Gasteiger partial charge is 0.573 e. The molecule has 0 atom stereocenters. The molecule has 2 aromatic rings. The highest BCUT2D eigenvalue weighted by atomic mass is 127. The fourth-order valence-corrected chi connectivity index (χ4v) is 2.03. The van der Waals surface area contributed by atoms with E-state index < -0.39 is 6.36 Å². The van der Waals surface area contributed by atoms with Crippen LogP contribution in [0, 0.1) is 10.5 Å². The maximum Gasteiger partial charge on any atom is 0.573 e. The van der Waals surface area contributed by atoms with E-state index in [0.717, 1.165) is 14.7 Å². The van der Waals surface area contributed by atoms with Crippen molar-refractivity contribution in [3.8, 4) is 16.9 Å². The Kier molecular flexibility index (Phi) is 4.03. The van der Waals surface area contributed by atoms with Crippen molar-refractivity contribution in [1.82, 2.24) is 0 Å². The topological polar surface area (TPSA) is 9.23 Å². The molecule has 5 heteroatoms. The minimum Gasteiger partial charge on any atom is -0.406 e. The van der Waals surface area contributed by atoms with E-state index in [0.29, 0.717) is 5.56 Å². The van der Waals surface area contributed by atoms with Crippen molar-refractivity contribution in [2.75, 3.05) is 0 Å². The first-order valence-corrected chi connectivity index (χ1v) is 6.55. The molecule has 0 radical (unpaired) electrons. The van der Waals surface area contributed by atoms with Crippen LogP contribution in [0.15, 0.2) is 42.5 Å². The summed E-state index contributed by atoms with van der Waals surface area (Å²) in [5, 5.41) is 0. The Hall–Kier alpha value is -1.24. The van der Waals surface area contributed by atoms with Gasteiger partial charge in [-0.25, -0.2) is 0 Å². The van der Waals surface area contributed by atoms with Crippen LogP contribution >= 0.6 is 22.6 Å². The zero-order chi connectivity index (χ0) is 14.0. The Morgan fingerprint density at radius 3 is 2.32 bits per heavy atom. The zero-order valence-electron chi connectivity index (χ0n) is 9.96. The third kappa shape index (κ3) is 3.86. The van der Waals surface area contributed by atoms with E-state index in [2.05, 4.69) is 27.3 Å². The highest BCUT2D eigenvalue weighted by molar-refractivity contribution is 14.1. The van der Waals surface area contributed by atoms with E-state index in [1.807, 2.05) is 25.1 Å². The van der Waals surface area contributed by atoms with Crippen molar-refractivity contribution in [1.29, 1.82) is 0 Å². The summed E-state index contributed by atoms with van der Waals surface area (Å²) in [5.41, 5.74) is 2.65. The molecule has 0 N–H and O–H groups in total. The van der Waals surface area contributed by atoms with Crippen molar-refractivity contribution >= 4 is 22.6 Å². The second-order valence-corrected chi connectivity index (χ2v) is 5.20. The van der Waals surface area contributed by atoms with Crippen LogP contribution in [0.25, 0.3) is 11.1 Å². The van der Waals surface area contributed by atoms with Crippen molar-refractivity contribution in [3.63, 3.8) is 0 Å². The van der Waals surface area contributed by atoms with E-state index in [9.17, 15) is 13.2 Å². The molecule has 0 saturated carbocycles. The Labute approximate surface area is 122 Å². The lowest BCUT2D eigenvalue weighted by molar-refractivity contribution is -0.274. The number of halogens is 4. The van der Waals surface area contributed by atoms with Gasteiger partial charge >= 0.3 is 6.36 Å². The third-order valence-corrected chi connectivity index (χ3v) is 3.77. The molecule has 0 heterocycles. The summed E-state index contributed by atoms with van der Waals surface area (Å²) in [4.78, 5) is 0. The Balaban J connectivity index is 2.35. The Bertz CT molecular complexity index is 593. The molecule has 0 aliphatic rings. The molecule has 0 aliphatic heterocycles. The molecule has 19 heavy (non-hydrogen) atoms. The summed E-state index contributed by atoms with van der Waals surface area (Å²) in [7, 11) is 0. The van der Waals surface area contributed by atoms with Gasteiger partial charge in [0.1, 0.15) is 5.75 Å². The summed E-state index contributed by atoms with van der Waals surface area (Å²) in [6.45, 7) is 1.96. The Morgan fingerprint density at radius 1 is 1.00 bits per heavy atom. The third-order valence-electron chi connectivity index (χ3n) is 2.56. The van der Waals surface area contributed by atoms with Crippen molar-refractivity contribution in [2.45, 2.75) is 13.3 Å². The first-order valence-electron chi connectivity index (χ1n) is 5.47. The maximum atomic E-state index is 12.2. The molecule has 2 rings (SSSR count). The summed E-state index contributed by atoms with van der Waals surface area (Å²) >= 11 is 2.21. The normalized spacial score (nSPS) is 11.4. The molecule has 0 spiro atoms. The predicted octanol–water partition coefficient (Wildman–Crippen LogP) is 5.17. The van der Waals surface area contributed by atoms with Crippen molar-refractivity contribution in [2.24, 2.45) is 0 Å². The number of alkyl halides is 3. The molecular formula is C14H10F3IO. The quantitative estimate of drug-likeness (QED) is 0.656. The van der Waals surface area contributed by atoms with Gasteiger partial charge in [-0.05, 0) is 64.4 Å². The number of aryl methyl sites for hydroxylation is 1. The SMILES string of the molecule is Cc1cc(-c2cccc(OC(F)(F)F)c2)ccc1I. The van der Waals surface area contributed by atoms with Gasteiger partial charge in [0.25, 0.3) is 0 Å². The predicted molar refractivity (Wildman–Crippen MR) is 76.0 cm³/mol. The Morgan fingerprint density at radius 2 is 1.68 bits per heavy atom. The van der Waals surface area contributed by atoms with E-state index in [4.69, 9.17) is 0 Å². The fraction of sp³-hybridized carbons (Fsp3) is 0.143. The molecule has 0 saturated heterocycles. The van der Waals surface area contributed by atoms with Gasteiger partial charge in [0.2, 0.25) is 0 Å². The van der Waals surface area contributed by atoms with Gasteiger partial charge in [-0.1, -0.05) is 24.3 Å². The van der Waals surface area contributed by atoms with E-state index in [-0.39, 0.29) is 5.75 Å². The lowest BCUT2D eigenvalue weighted by Gasteiger charge is -2.10. The first-order chi connectivity index (χ1) is 8.85. The van der Waals surface area contributed by atoms with Crippen LogP contribution in [0.1, 0.15) is 5.56 Å². The minimum atomic E-state index is -4.67. The molecule has 0 bridgehead atoms. The van der Waals surface area contributed by atoms with Crippen LogP contribution in [0.5, 0.6) is 5.75 Å². The molecular weight excluding hydrogens is 368 g/mol. The maximum absolute atomic E-state index is 12.2. The summed E-state index contributed by atoms with van der Waals surface area (Å²) < 4.78 is 41.5. The zero-order valence-corrected chi connectivity index (χ0v) is 12.1. The van der Waals surface area contributed by atoms with Crippen LogP contribution in [0.4, 0.5) is 13.2 Å². The van der Waals surface area contributed by atoms with Crippen LogP contribution in [0.3, 0.4) is 0 Å². The molecule has 1 nitrogen and oxygen atoms in total. The van der Waals surface area contributed by atoms with Gasteiger partial charge < -0.3 is 4.74 Å². The number of rotatable bonds is 2. The first kappa shape index (κ1) is 14.2. The lowest BCUT2D eigenvalue weighted by atomic mass is 10.0. The van der Waals surface area contributed by atoms with Gasteiger partial charge in [-0.15, -0.1) is 13.2 Å². The second-order valence-electron chi connectivity index (χ2n) is 4.04. The van der Waals surface area contributed by atoms with Crippen LogP contribution in [0.2, 0.25) is 0 Å². The minimum absolute atomic E-state index is 0.207. The number of ether oxygens (including phenoxy) is 1. The summed E-state index contributed by atoms with van der Waals surface area (Å²) in [6.07, 6.45) is -4.67. The van der Waals surface area contributed by atoms with Gasteiger partial charge in [0.05, 0.1) is 0 Å². The number of hydrogen-bond acceptors (Lipinski definition) is 1. The summed E-state index contributed by atoms with van der Waals surface area (Å²) in [6, 6.07) is 11.7. The molecule has 100 valence electrons. The second kappa shape index (κ2) is 5.40. The monoisotopic (exact) mass is 378 g/mol. The number of benzene rings is 2. The smallest absolute Gasteiger partial charge is 0.406 e. The van der Waals surface area contributed by atoms with Gasteiger partial charge in [-0.2, -0.15) is 0 Å². The van der Waals surface area contributed by atoms with Gasteiger partial charge in [-0.3, -0.25) is 0 Å². The standard InChI is InChI=1S/C14H10F3IO/c1-9-7-11(5-6-13(9)18)10-3-2-4-12(8-10)19-14(15,16)17/h2-8H,1H3. The van der Waals surface area contributed by atoms with Crippen LogP contribution < -0.4 is 4.74 Å². The van der Waals surface area contributed by atoms with Crippen molar-refractivity contribution in [3.05, 3.63) is 51.6 Å². The molecule has 0 aliphatic carbocycles. The van der Waals surface area contributed by atoms with Crippen molar-refractivity contribution < 1.29 is 17.9 Å². The fourth-order valence-electron chi connectivity index (χ4n) is 1.70.